The summed E-state index contributed by atoms with van der Waals surface area (Å²) in [7, 11) is 0. The summed E-state index contributed by atoms with van der Waals surface area (Å²) in [5, 5.41) is 0. The Labute approximate surface area is 141 Å². The van der Waals surface area contributed by atoms with E-state index in [1.165, 1.54) is 0 Å². The summed E-state index contributed by atoms with van der Waals surface area (Å²) >= 11 is 0. The van der Waals surface area contributed by atoms with Crippen LogP contribution in [0, 0.1) is 6.92 Å². The first kappa shape index (κ1) is 15.9. The highest BCUT2D eigenvalue weighted by Crippen LogP contribution is 2.29. The Morgan fingerprint density at radius 1 is 1.08 bits per heavy atom. The van der Waals surface area contributed by atoms with Crippen molar-refractivity contribution in [1.29, 1.82) is 0 Å². The zero-order chi connectivity index (χ0) is 17.1. The standard InChI is InChI=1S/C20H20N2O2/c1-3-22(15-7-5-4-6-8-15)20(23)19-12-11-18(24-19)16-10-9-14(2)13-17(16)21/h4-13H,3,21H2,1-2H3. The van der Waals surface area contributed by atoms with Crippen molar-refractivity contribution in [3.63, 3.8) is 0 Å². The van der Waals surface area contributed by atoms with Gasteiger partial charge in [-0.1, -0.05) is 24.3 Å². The molecule has 3 aromatic rings. The van der Waals surface area contributed by atoms with Gasteiger partial charge in [-0.2, -0.15) is 0 Å². The molecule has 0 bridgehead atoms. The molecule has 1 aromatic heterocycles. The van der Waals surface area contributed by atoms with Gasteiger partial charge < -0.3 is 15.1 Å². The SMILES string of the molecule is CCN(C(=O)c1ccc(-c2ccc(C)cc2N)o1)c1ccccc1. The molecule has 0 saturated heterocycles. The monoisotopic (exact) mass is 320 g/mol. The lowest BCUT2D eigenvalue weighted by atomic mass is 10.1. The molecule has 1 heterocycles. The number of aryl methyl sites for hydroxylation is 1. The smallest absolute Gasteiger partial charge is 0.293 e. The van der Waals surface area contributed by atoms with Crippen LogP contribution >= 0.6 is 0 Å². The number of carbonyl (C=O) groups is 1. The van der Waals surface area contributed by atoms with Crippen LogP contribution in [0.1, 0.15) is 23.0 Å². The fourth-order valence-corrected chi connectivity index (χ4v) is 2.69. The molecule has 0 unspecified atom stereocenters. The van der Waals surface area contributed by atoms with Crippen LogP contribution in [0.5, 0.6) is 0 Å². The van der Waals surface area contributed by atoms with Crippen molar-refractivity contribution < 1.29 is 9.21 Å². The molecule has 1 amide bonds. The minimum absolute atomic E-state index is 0.166. The zero-order valence-electron chi connectivity index (χ0n) is 13.8. The Balaban J connectivity index is 1.91. The number of nitrogens with zero attached hydrogens (tertiary/aromatic N) is 1. The molecule has 3 rings (SSSR count). The average molecular weight is 320 g/mol. The fourth-order valence-electron chi connectivity index (χ4n) is 2.69. The largest absolute Gasteiger partial charge is 0.451 e. The van der Waals surface area contributed by atoms with Crippen molar-refractivity contribution >= 4 is 17.3 Å². The van der Waals surface area contributed by atoms with E-state index in [9.17, 15) is 4.79 Å². The number of benzene rings is 2. The number of carbonyl (C=O) groups excluding carboxylic acids is 1. The van der Waals surface area contributed by atoms with E-state index in [0.29, 0.717) is 23.8 Å². The number of anilines is 2. The number of amides is 1. The molecule has 2 aromatic carbocycles. The fraction of sp³-hybridized carbons (Fsp3) is 0.150. The molecule has 24 heavy (non-hydrogen) atoms. The molecule has 0 fully saturated rings. The maximum Gasteiger partial charge on any atom is 0.293 e. The molecule has 0 spiro atoms. The van der Waals surface area contributed by atoms with Crippen molar-refractivity contribution in [1.82, 2.24) is 0 Å². The lowest BCUT2D eigenvalue weighted by molar-refractivity contribution is 0.0962. The molecular formula is C20H20N2O2. The zero-order valence-corrected chi connectivity index (χ0v) is 13.8. The second-order valence-electron chi connectivity index (χ2n) is 5.64. The normalized spacial score (nSPS) is 10.6. The molecule has 0 radical (unpaired) electrons. The van der Waals surface area contributed by atoms with Crippen molar-refractivity contribution in [3.8, 4) is 11.3 Å². The summed E-state index contributed by atoms with van der Waals surface area (Å²) in [6.45, 7) is 4.48. The molecule has 0 aliphatic heterocycles. The van der Waals surface area contributed by atoms with Crippen LogP contribution in [0.4, 0.5) is 11.4 Å². The summed E-state index contributed by atoms with van der Waals surface area (Å²) in [6, 6.07) is 18.8. The van der Waals surface area contributed by atoms with Crippen LogP contribution in [-0.4, -0.2) is 12.5 Å². The van der Waals surface area contributed by atoms with Crippen molar-refractivity contribution in [3.05, 3.63) is 72.0 Å². The van der Waals surface area contributed by atoms with Gasteiger partial charge >= 0.3 is 0 Å². The first-order chi connectivity index (χ1) is 11.6. The predicted molar refractivity (Wildman–Crippen MR) is 97.1 cm³/mol. The van der Waals surface area contributed by atoms with Crippen LogP contribution in [0.2, 0.25) is 0 Å². The predicted octanol–water partition coefficient (Wildman–Crippen LogP) is 4.50. The van der Waals surface area contributed by atoms with Crippen molar-refractivity contribution in [2.75, 3.05) is 17.2 Å². The molecule has 0 aliphatic carbocycles. The van der Waals surface area contributed by atoms with Crippen molar-refractivity contribution in [2.24, 2.45) is 0 Å². The van der Waals surface area contributed by atoms with Gasteiger partial charge in [0.1, 0.15) is 5.76 Å². The maximum absolute atomic E-state index is 12.8. The average Bonchev–Trinajstić information content (AvgIpc) is 3.06. The van der Waals surface area contributed by atoms with E-state index in [2.05, 4.69) is 0 Å². The molecule has 0 aliphatic rings. The van der Waals surface area contributed by atoms with E-state index < -0.39 is 0 Å². The van der Waals surface area contributed by atoms with Gasteiger partial charge in [0.15, 0.2) is 5.76 Å². The highest BCUT2D eigenvalue weighted by molar-refractivity contribution is 6.04. The third-order valence-corrected chi connectivity index (χ3v) is 3.92. The Kier molecular flexibility index (Phi) is 4.38. The van der Waals surface area contributed by atoms with Gasteiger partial charge in [0.05, 0.1) is 0 Å². The summed E-state index contributed by atoms with van der Waals surface area (Å²) in [4.78, 5) is 14.4. The van der Waals surface area contributed by atoms with Gasteiger partial charge in [-0.3, -0.25) is 4.79 Å². The van der Waals surface area contributed by atoms with Gasteiger partial charge in [0, 0.05) is 23.5 Å². The van der Waals surface area contributed by atoms with Crippen LogP contribution in [0.15, 0.2) is 65.1 Å². The minimum Gasteiger partial charge on any atom is -0.451 e. The second kappa shape index (κ2) is 6.62. The molecule has 0 saturated carbocycles. The first-order valence-corrected chi connectivity index (χ1v) is 7.93. The van der Waals surface area contributed by atoms with E-state index in [1.807, 2.05) is 62.4 Å². The van der Waals surface area contributed by atoms with E-state index in [-0.39, 0.29) is 5.91 Å². The van der Waals surface area contributed by atoms with Gasteiger partial charge in [0.2, 0.25) is 0 Å². The molecule has 4 nitrogen and oxygen atoms in total. The molecular weight excluding hydrogens is 300 g/mol. The van der Waals surface area contributed by atoms with E-state index in [0.717, 1.165) is 16.8 Å². The van der Waals surface area contributed by atoms with Gasteiger partial charge in [-0.05, 0) is 55.8 Å². The van der Waals surface area contributed by atoms with Crippen LogP contribution in [-0.2, 0) is 0 Å². The third kappa shape index (κ3) is 3.04. The van der Waals surface area contributed by atoms with E-state index in [4.69, 9.17) is 10.2 Å². The maximum atomic E-state index is 12.8. The Bertz CT molecular complexity index is 853. The van der Waals surface area contributed by atoms with Crippen LogP contribution < -0.4 is 10.6 Å². The topological polar surface area (TPSA) is 59.5 Å². The number of hydrogen-bond donors (Lipinski definition) is 1. The summed E-state index contributed by atoms with van der Waals surface area (Å²) in [6.07, 6.45) is 0. The lowest BCUT2D eigenvalue weighted by Crippen LogP contribution is -2.30. The molecule has 0 atom stereocenters. The summed E-state index contributed by atoms with van der Waals surface area (Å²) in [5.41, 5.74) is 9.42. The van der Waals surface area contributed by atoms with Gasteiger partial charge in [-0.15, -0.1) is 0 Å². The Morgan fingerprint density at radius 3 is 2.50 bits per heavy atom. The Morgan fingerprint density at radius 2 is 1.83 bits per heavy atom. The molecule has 4 heteroatoms. The van der Waals surface area contributed by atoms with Crippen molar-refractivity contribution in [2.45, 2.75) is 13.8 Å². The highest BCUT2D eigenvalue weighted by Gasteiger charge is 2.20. The summed E-state index contributed by atoms with van der Waals surface area (Å²) < 4.78 is 5.79. The number of hydrogen-bond acceptors (Lipinski definition) is 3. The number of rotatable bonds is 4. The highest BCUT2D eigenvalue weighted by atomic mass is 16.4. The quantitative estimate of drug-likeness (QED) is 0.720. The first-order valence-electron chi connectivity index (χ1n) is 7.93. The van der Waals surface area contributed by atoms with E-state index >= 15 is 0 Å². The third-order valence-electron chi connectivity index (χ3n) is 3.92. The minimum atomic E-state index is -0.166. The molecule has 122 valence electrons. The number of para-hydroxylation sites is 1. The number of furan rings is 1. The van der Waals surface area contributed by atoms with Crippen LogP contribution in [0.25, 0.3) is 11.3 Å². The summed E-state index contributed by atoms with van der Waals surface area (Å²) in [5.74, 6) is 0.733. The number of nitrogens with two attached hydrogens (primary N) is 1. The second-order valence-corrected chi connectivity index (χ2v) is 5.64. The Hall–Kier alpha value is -3.01. The number of nitrogen functional groups attached to an aromatic ring is 1. The van der Waals surface area contributed by atoms with Gasteiger partial charge in [0.25, 0.3) is 5.91 Å². The van der Waals surface area contributed by atoms with Crippen LogP contribution in [0.3, 0.4) is 0 Å². The van der Waals surface area contributed by atoms with E-state index in [1.54, 1.807) is 17.0 Å². The molecule has 2 N–H and O–H groups in total. The van der Waals surface area contributed by atoms with Gasteiger partial charge in [-0.25, -0.2) is 0 Å². The lowest BCUT2D eigenvalue weighted by Gasteiger charge is -2.19.